The van der Waals surface area contributed by atoms with E-state index < -0.39 is 16.0 Å². The van der Waals surface area contributed by atoms with Crippen molar-refractivity contribution in [3.63, 3.8) is 0 Å². The van der Waals surface area contributed by atoms with E-state index in [2.05, 4.69) is 9.46 Å². The van der Waals surface area contributed by atoms with Crippen molar-refractivity contribution in [1.82, 2.24) is 0 Å². The van der Waals surface area contributed by atoms with Crippen LogP contribution in [-0.4, -0.2) is 32.4 Å². The van der Waals surface area contributed by atoms with E-state index in [-0.39, 0.29) is 30.0 Å². The van der Waals surface area contributed by atoms with Gasteiger partial charge < -0.3 is 9.84 Å². The number of halogens is 1. The van der Waals surface area contributed by atoms with Crippen molar-refractivity contribution in [3.05, 3.63) is 22.7 Å². The van der Waals surface area contributed by atoms with Gasteiger partial charge in [-0.1, -0.05) is 11.6 Å². The first-order valence-electron chi connectivity index (χ1n) is 5.81. The number of carbonyl (C=O) groups is 1. The molecule has 1 aromatic rings. The van der Waals surface area contributed by atoms with Crippen LogP contribution in [-0.2, 0) is 19.6 Å². The van der Waals surface area contributed by atoms with Crippen LogP contribution in [0.4, 0.5) is 5.69 Å². The maximum absolute atomic E-state index is 11.8. The molecule has 0 fully saturated rings. The van der Waals surface area contributed by atoms with Crippen molar-refractivity contribution >= 4 is 33.3 Å². The molecule has 6 nitrogen and oxygen atoms in total. The first-order chi connectivity index (χ1) is 9.25. The van der Waals surface area contributed by atoms with E-state index in [0.29, 0.717) is 10.6 Å². The Hall–Kier alpha value is -1.47. The predicted octanol–water partition coefficient (Wildman–Crippen LogP) is 2.05. The number of sulfonamides is 1. The molecular formula is C12H16ClNO5S. The third-order valence-corrected chi connectivity index (χ3v) is 4.13. The van der Waals surface area contributed by atoms with E-state index >= 15 is 0 Å². The van der Waals surface area contributed by atoms with Crippen LogP contribution in [0, 0.1) is 6.92 Å². The largest absolute Gasteiger partial charge is 0.505 e. The van der Waals surface area contributed by atoms with Gasteiger partial charge in [-0.15, -0.1) is 0 Å². The summed E-state index contributed by atoms with van der Waals surface area (Å²) in [5.41, 5.74) is 0.484. The number of aryl methyl sites for hydroxylation is 1. The second kappa shape index (κ2) is 6.81. The second-order valence-electron chi connectivity index (χ2n) is 4.22. The lowest BCUT2D eigenvalue weighted by molar-refractivity contribution is -0.140. The summed E-state index contributed by atoms with van der Waals surface area (Å²) in [4.78, 5) is 10.9. The number of aromatic hydroxyl groups is 1. The van der Waals surface area contributed by atoms with Gasteiger partial charge in [0, 0.05) is 11.4 Å². The molecule has 112 valence electrons. The molecule has 0 saturated carbocycles. The van der Waals surface area contributed by atoms with Crippen LogP contribution in [0.15, 0.2) is 12.1 Å². The second-order valence-corrected chi connectivity index (χ2v) is 6.50. The highest BCUT2D eigenvalue weighted by Crippen LogP contribution is 2.31. The Morgan fingerprint density at radius 2 is 2.10 bits per heavy atom. The third kappa shape index (κ3) is 4.90. The average Bonchev–Trinajstić information content (AvgIpc) is 2.34. The lowest BCUT2D eigenvalue weighted by Gasteiger charge is -2.11. The zero-order valence-electron chi connectivity index (χ0n) is 11.1. The highest BCUT2D eigenvalue weighted by atomic mass is 35.5. The minimum Gasteiger partial charge on any atom is -0.505 e. The van der Waals surface area contributed by atoms with E-state index in [0.717, 1.165) is 0 Å². The van der Waals surface area contributed by atoms with Gasteiger partial charge in [-0.2, -0.15) is 0 Å². The SMILES string of the molecule is COC(=O)CCCS(=O)(=O)Nc1cc(Cl)cc(C)c1O. The van der Waals surface area contributed by atoms with Gasteiger partial charge >= 0.3 is 5.97 Å². The number of phenolic OH excluding ortho intramolecular Hbond substituents is 1. The maximum Gasteiger partial charge on any atom is 0.305 e. The molecule has 0 saturated heterocycles. The molecule has 1 aromatic carbocycles. The van der Waals surface area contributed by atoms with Crippen LogP contribution in [0.3, 0.4) is 0 Å². The maximum atomic E-state index is 11.8. The Morgan fingerprint density at radius 1 is 1.45 bits per heavy atom. The van der Waals surface area contributed by atoms with Crippen molar-refractivity contribution in [2.45, 2.75) is 19.8 Å². The zero-order valence-corrected chi connectivity index (χ0v) is 12.7. The molecule has 8 heteroatoms. The number of hydrogen-bond acceptors (Lipinski definition) is 5. The standard InChI is InChI=1S/C12H16ClNO5S/c1-8-6-9(13)7-10(12(8)16)14-20(17,18)5-3-4-11(15)19-2/h6-7,14,16H,3-5H2,1-2H3. The lowest BCUT2D eigenvalue weighted by Crippen LogP contribution is -2.18. The summed E-state index contributed by atoms with van der Waals surface area (Å²) in [6.07, 6.45) is 0.139. The number of carbonyl (C=O) groups excluding carboxylic acids is 1. The molecule has 0 aliphatic heterocycles. The fourth-order valence-corrected chi connectivity index (χ4v) is 2.93. The number of esters is 1. The minimum absolute atomic E-state index is 0.0119. The number of benzene rings is 1. The van der Waals surface area contributed by atoms with Crippen molar-refractivity contribution in [1.29, 1.82) is 0 Å². The number of methoxy groups -OCH3 is 1. The number of hydrogen-bond donors (Lipinski definition) is 2. The Balaban J connectivity index is 2.74. The van der Waals surface area contributed by atoms with Gasteiger partial charge in [0.05, 0.1) is 18.6 Å². The van der Waals surface area contributed by atoms with Gasteiger partial charge in [-0.3, -0.25) is 9.52 Å². The molecule has 1 rings (SSSR count). The zero-order chi connectivity index (χ0) is 15.3. The van der Waals surface area contributed by atoms with Gasteiger partial charge in [0.25, 0.3) is 0 Å². The van der Waals surface area contributed by atoms with Gasteiger partial charge in [0.2, 0.25) is 10.0 Å². The molecule has 0 atom stereocenters. The Bertz CT molecular complexity index is 600. The van der Waals surface area contributed by atoms with Crippen molar-refractivity contribution in [2.24, 2.45) is 0 Å². The first kappa shape index (κ1) is 16.6. The predicted molar refractivity (Wildman–Crippen MR) is 76.5 cm³/mol. The fourth-order valence-electron chi connectivity index (χ4n) is 1.54. The molecule has 0 radical (unpaired) electrons. The fraction of sp³-hybridized carbons (Fsp3) is 0.417. The molecule has 0 aliphatic carbocycles. The minimum atomic E-state index is -3.67. The van der Waals surface area contributed by atoms with Crippen LogP contribution in [0.25, 0.3) is 0 Å². The van der Waals surface area contributed by atoms with E-state index in [1.165, 1.54) is 19.2 Å². The molecule has 20 heavy (non-hydrogen) atoms. The summed E-state index contributed by atoms with van der Waals surface area (Å²) in [6.45, 7) is 1.61. The summed E-state index contributed by atoms with van der Waals surface area (Å²) >= 11 is 5.81. The van der Waals surface area contributed by atoms with E-state index in [1.807, 2.05) is 0 Å². The molecular weight excluding hydrogens is 306 g/mol. The van der Waals surface area contributed by atoms with E-state index in [1.54, 1.807) is 6.92 Å². The first-order valence-corrected chi connectivity index (χ1v) is 7.84. The number of rotatable bonds is 6. The third-order valence-electron chi connectivity index (χ3n) is 2.55. The van der Waals surface area contributed by atoms with E-state index in [9.17, 15) is 18.3 Å². The average molecular weight is 322 g/mol. The van der Waals surface area contributed by atoms with Crippen LogP contribution in [0.1, 0.15) is 18.4 Å². The van der Waals surface area contributed by atoms with Crippen LogP contribution >= 0.6 is 11.6 Å². The summed E-state index contributed by atoms with van der Waals surface area (Å²) in [6, 6.07) is 2.84. The monoisotopic (exact) mass is 321 g/mol. The Morgan fingerprint density at radius 3 is 2.70 bits per heavy atom. The number of anilines is 1. The molecule has 0 unspecified atom stereocenters. The molecule has 0 spiro atoms. The summed E-state index contributed by atoms with van der Waals surface area (Å²) in [5, 5.41) is 10.1. The van der Waals surface area contributed by atoms with Crippen LogP contribution < -0.4 is 4.72 Å². The lowest BCUT2D eigenvalue weighted by atomic mass is 10.2. The summed E-state index contributed by atoms with van der Waals surface area (Å²) in [7, 11) is -2.43. The van der Waals surface area contributed by atoms with Gasteiger partial charge in [0.1, 0.15) is 5.75 Å². The number of nitrogens with one attached hydrogen (secondary N) is 1. The molecule has 0 amide bonds. The van der Waals surface area contributed by atoms with Crippen molar-refractivity contribution in [2.75, 3.05) is 17.6 Å². The van der Waals surface area contributed by atoms with Crippen LogP contribution in [0.5, 0.6) is 5.75 Å². The highest BCUT2D eigenvalue weighted by molar-refractivity contribution is 7.92. The van der Waals surface area contributed by atoms with E-state index in [4.69, 9.17) is 11.6 Å². The summed E-state index contributed by atoms with van der Waals surface area (Å²) < 4.78 is 30.3. The molecule has 0 aromatic heterocycles. The molecule has 0 aliphatic rings. The molecule has 2 N–H and O–H groups in total. The van der Waals surface area contributed by atoms with Gasteiger partial charge in [-0.25, -0.2) is 8.42 Å². The Kier molecular flexibility index (Phi) is 5.64. The quantitative estimate of drug-likeness (QED) is 0.618. The topological polar surface area (TPSA) is 92.7 Å². The summed E-state index contributed by atoms with van der Waals surface area (Å²) in [5.74, 6) is -0.903. The Labute approximate surface area is 122 Å². The van der Waals surface area contributed by atoms with Crippen molar-refractivity contribution in [3.8, 4) is 5.75 Å². The molecule has 0 heterocycles. The molecule has 0 bridgehead atoms. The van der Waals surface area contributed by atoms with Gasteiger partial charge in [-0.05, 0) is 31.0 Å². The van der Waals surface area contributed by atoms with Crippen LogP contribution in [0.2, 0.25) is 5.02 Å². The van der Waals surface area contributed by atoms with Gasteiger partial charge in [0.15, 0.2) is 0 Å². The normalized spacial score (nSPS) is 11.2. The number of phenols is 1. The smallest absolute Gasteiger partial charge is 0.305 e. The number of ether oxygens (including phenoxy) is 1. The highest BCUT2D eigenvalue weighted by Gasteiger charge is 2.15. The van der Waals surface area contributed by atoms with Crippen molar-refractivity contribution < 1.29 is 23.1 Å².